The molecular weight excluding hydrogens is 307 g/mol. The largest absolute Gasteiger partial charge is 0.331 e. The van der Waals surface area contributed by atoms with Crippen LogP contribution < -0.4 is 11.2 Å². The zero-order chi connectivity index (χ0) is 11.4. The Hall–Kier alpha value is -0.590. The molecule has 0 N–H and O–H groups in total. The van der Waals surface area contributed by atoms with Crippen LogP contribution in [0.4, 0.5) is 0 Å². The lowest BCUT2D eigenvalue weighted by Gasteiger charge is -2.08. The van der Waals surface area contributed by atoms with Crippen molar-refractivity contribution in [2.24, 2.45) is 0 Å². The Kier molecular flexibility index (Phi) is 4.56. The fourth-order valence-corrected chi connectivity index (χ4v) is 1.99. The van der Waals surface area contributed by atoms with Crippen molar-refractivity contribution >= 4 is 22.6 Å². The molecule has 0 aliphatic carbocycles. The second kappa shape index (κ2) is 5.48. The van der Waals surface area contributed by atoms with Gasteiger partial charge in [-0.3, -0.25) is 13.9 Å². The van der Waals surface area contributed by atoms with Gasteiger partial charge in [0.05, 0.1) is 3.57 Å². The highest BCUT2D eigenvalue weighted by Gasteiger charge is 2.07. The van der Waals surface area contributed by atoms with Crippen LogP contribution in [-0.2, 0) is 13.1 Å². The van der Waals surface area contributed by atoms with Crippen molar-refractivity contribution in [3.63, 3.8) is 0 Å². The van der Waals surface area contributed by atoms with Gasteiger partial charge in [-0.05, 0) is 35.9 Å². The van der Waals surface area contributed by atoms with Gasteiger partial charge in [0.25, 0.3) is 5.56 Å². The fourth-order valence-electron chi connectivity index (χ4n) is 1.36. The van der Waals surface area contributed by atoms with Gasteiger partial charge in [0.1, 0.15) is 0 Å². The number of hydrogen-bond donors (Lipinski definition) is 0. The molecule has 4 nitrogen and oxygen atoms in total. The van der Waals surface area contributed by atoms with E-state index in [0.717, 1.165) is 12.8 Å². The van der Waals surface area contributed by atoms with E-state index >= 15 is 0 Å². The molecule has 1 heterocycles. The molecule has 0 aromatic carbocycles. The van der Waals surface area contributed by atoms with Crippen LogP contribution in [0.5, 0.6) is 0 Å². The average Bonchev–Trinajstić information content (AvgIpc) is 2.23. The van der Waals surface area contributed by atoms with E-state index in [0.29, 0.717) is 16.7 Å². The molecule has 0 aliphatic heterocycles. The minimum atomic E-state index is -0.198. The molecule has 5 heteroatoms. The SMILES string of the molecule is CCCCn1c(=O)c(I)cn(CC)c1=O. The predicted octanol–water partition coefficient (Wildman–Crippen LogP) is 1.43. The highest BCUT2D eigenvalue weighted by Crippen LogP contribution is 1.96. The van der Waals surface area contributed by atoms with Gasteiger partial charge >= 0.3 is 5.69 Å². The predicted molar refractivity (Wildman–Crippen MR) is 68.3 cm³/mol. The summed E-state index contributed by atoms with van der Waals surface area (Å²) in [6.07, 6.45) is 3.45. The third-order valence-corrected chi connectivity index (χ3v) is 3.01. The van der Waals surface area contributed by atoms with Crippen LogP contribution in [0.3, 0.4) is 0 Å². The Labute approximate surface area is 102 Å². The van der Waals surface area contributed by atoms with E-state index in [1.165, 1.54) is 4.57 Å². The number of rotatable bonds is 4. The molecule has 1 rings (SSSR count). The monoisotopic (exact) mass is 322 g/mol. The van der Waals surface area contributed by atoms with Crippen LogP contribution in [0.2, 0.25) is 0 Å². The smallest absolute Gasteiger partial charge is 0.300 e. The second-order valence-electron chi connectivity index (χ2n) is 3.36. The third-order valence-electron chi connectivity index (χ3n) is 2.27. The first-order valence-electron chi connectivity index (χ1n) is 5.11. The van der Waals surface area contributed by atoms with Gasteiger partial charge in [0.2, 0.25) is 0 Å². The minimum Gasteiger partial charge on any atom is -0.300 e. The number of unbranched alkanes of at least 4 members (excludes halogenated alkanes) is 1. The van der Waals surface area contributed by atoms with Gasteiger partial charge in [-0.1, -0.05) is 13.3 Å². The lowest BCUT2D eigenvalue weighted by atomic mass is 10.3. The summed E-state index contributed by atoms with van der Waals surface area (Å²) < 4.78 is 3.50. The Morgan fingerprint density at radius 2 is 2.00 bits per heavy atom. The molecule has 0 saturated heterocycles. The molecule has 0 spiro atoms. The molecule has 0 fully saturated rings. The molecule has 0 unspecified atom stereocenters. The van der Waals surface area contributed by atoms with Crippen molar-refractivity contribution in [1.82, 2.24) is 9.13 Å². The maximum absolute atomic E-state index is 11.8. The maximum Gasteiger partial charge on any atom is 0.331 e. The van der Waals surface area contributed by atoms with Crippen LogP contribution in [0.1, 0.15) is 26.7 Å². The number of hydrogen-bond acceptors (Lipinski definition) is 2. The van der Waals surface area contributed by atoms with Gasteiger partial charge in [-0.15, -0.1) is 0 Å². The second-order valence-corrected chi connectivity index (χ2v) is 4.52. The first-order chi connectivity index (χ1) is 7.11. The van der Waals surface area contributed by atoms with E-state index in [9.17, 15) is 9.59 Å². The van der Waals surface area contributed by atoms with E-state index in [2.05, 4.69) is 0 Å². The van der Waals surface area contributed by atoms with Crippen molar-refractivity contribution in [3.8, 4) is 0 Å². The summed E-state index contributed by atoms with van der Waals surface area (Å²) in [6, 6.07) is 0. The summed E-state index contributed by atoms with van der Waals surface area (Å²) in [4.78, 5) is 23.5. The van der Waals surface area contributed by atoms with Crippen LogP contribution >= 0.6 is 22.6 Å². The normalized spacial score (nSPS) is 10.6. The van der Waals surface area contributed by atoms with E-state index in [-0.39, 0.29) is 11.2 Å². The Bertz CT molecular complexity index is 448. The number of nitrogens with zero attached hydrogens (tertiary/aromatic N) is 2. The summed E-state index contributed by atoms with van der Waals surface area (Å²) in [5.74, 6) is 0. The maximum atomic E-state index is 11.8. The van der Waals surface area contributed by atoms with E-state index in [1.807, 2.05) is 36.4 Å². The molecule has 1 aromatic heterocycles. The van der Waals surface area contributed by atoms with Crippen LogP contribution in [0.25, 0.3) is 0 Å². The molecule has 0 atom stereocenters. The molecule has 0 aliphatic rings. The highest BCUT2D eigenvalue weighted by molar-refractivity contribution is 14.1. The first-order valence-corrected chi connectivity index (χ1v) is 6.19. The van der Waals surface area contributed by atoms with Gasteiger partial charge in [0.15, 0.2) is 0 Å². The van der Waals surface area contributed by atoms with Crippen LogP contribution in [0.15, 0.2) is 15.8 Å². The molecule has 0 saturated carbocycles. The molecular formula is C10H15IN2O2. The quantitative estimate of drug-likeness (QED) is 0.787. The molecule has 0 radical (unpaired) electrons. The van der Waals surface area contributed by atoms with E-state index in [4.69, 9.17) is 0 Å². The number of aromatic nitrogens is 2. The van der Waals surface area contributed by atoms with Gasteiger partial charge < -0.3 is 0 Å². The Balaban J connectivity index is 3.28. The first kappa shape index (κ1) is 12.5. The third kappa shape index (κ3) is 2.70. The number of halogens is 1. The fraction of sp³-hybridized carbons (Fsp3) is 0.600. The van der Waals surface area contributed by atoms with Crippen molar-refractivity contribution in [3.05, 3.63) is 30.6 Å². The van der Waals surface area contributed by atoms with Crippen molar-refractivity contribution in [2.45, 2.75) is 39.8 Å². The van der Waals surface area contributed by atoms with Gasteiger partial charge in [0, 0.05) is 19.3 Å². The minimum absolute atomic E-state index is 0.168. The van der Waals surface area contributed by atoms with E-state index < -0.39 is 0 Å². The molecule has 15 heavy (non-hydrogen) atoms. The van der Waals surface area contributed by atoms with Crippen molar-refractivity contribution < 1.29 is 0 Å². The molecule has 0 amide bonds. The lowest BCUT2D eigenvalue weighted by molar-refractivity contribution is 0.536. The highest BCUT2D eigenvalue weighted by atomic mass is 127. The summed E-state index contributed by atoms with van der Waals surface area (Å²) in [5, 5.41) is 0. The topological polar surface area (TPSA) is 44.0 Å². The average molecular weight is 322 g/mol. The zero-order valence-corrected chi connectivity index (χ0v) is 11.2. The van der Waals surface area contributed by atoms with Crippen LogP contribution in [-0.4, -0.2) is 9.13 Å². The summed E-state index contributed by atoms with van der Waals surface area (Å²) in [5.41, 5.74) is -0.366. The zero-order valence-electron chi connectivity index (χ0n) is 8.99. The van der Waals surface area contributed by atoms with Gasteiger partial charge in [-0.2, -0.15) is 0 Å². The number of aryl methyl sites for hydroxylation is 1. The summed E-state index contributed by atoms with van der Waals surface area (Å²) in [7, 11) is 0. The van der Waals surface area contributed by atoms with E-state index in [1.54, 1.807) is 10.8 Å². The lowest BCUT2D eigenvalue weighted by Crippen LogP contribution is -2.40. The molecule has 1 aromatic rings. The summed E-state index contributed by atoms with van der Waals surface area (Å²) >= 11 is 1.97. The van der Waals surface area contributed by atoms with Crippen molar-refractivity contribution in [1.29, 1.82) is 0 Å². The molecule has 84 valence electrons. The Morgan fingerprint density at radius 1 is 1.33 bits per heavy atom. The van der Waals surface area contributed by atoms with Crippen molar-refractivity contribution in [2.75, 3.05) is 0 Å². The molecule has 0 bridgehead atoms. The standard InChI is InChI=1S/C10H15IN2O2/c1-3-5-6-13-9(14)8(11)7-12(4-2)10(13)15/h7H,3-6H2,1-2H3. The van der Waals surface area contributed by atoms with Crippen LogP contribution in [0, 0.1) is 3.57 Å². The van der Waals surface area contributed by atoms with Gasteiger partial charge in [-0.25, -0.2) is 4.79 Å². The summed E-state index contributed by atoms with van der Waals surface area (Å²) in [6.45, 7) is 5.05. The Morgan fingerprint density at radius 3 is 2.53 bits per heavy atom.